The van der Waals surface area contributed by atoms with E-state index in [1.54, 1.807) is 30.5 Å². The highest BCUT2D eigenvalue weighted by Crippen LogP contribution is 2.11. The van der Waals surface area contributed by atoms with Crippen molar-refractivity contribution < 1.29 is 4.74 Å². The third-order valence-electron chi connectivity index (χ3n) is 2.93. The molecule has 1 aromatic heterocycles. The summed E-state index contributed by atoms with van der Waals surface area (Å²) in [7, 11) is 3.71. The SMILES string of the molecule is CN(C)c1cnn(CCOc2ccc(C#N)cc2)c(=O)c1. The van der Waals surface area contributed by atoms with Gasteiger partial charge in [-0.1, -0.05) is 0 Å². The zero-order chi connectivity index (χ0) is 15.2. The van der Waals surface area contributed by atoms with E-state index in [9.17, 15) is 4.79 Å². The number of aromatic nitrogens is 2. The molecule has 0 aliphatic carbocycles. The molecule has 6 heteroatoms. The van der Waals surface area contributed by atoms with Crippen molar-refractivity contribution in [2.75, 3.05) is 25.6 Å². The number of hydrogen-bond donors (Lipinski definition) is 0. The van der Waals surface area contributed by atoms with Gasteiger partial charge in [0, 0.05) is 20.2 Å². The number of nitriles is 1. The normalized spacial score (nSPS) is 9.95. The highest BCUT2D eigenvalue weighted by atomic mass is 16.5. The molecule has 2 rings (SSSR count). The van der Waals surface area contributed by atoms with Crippen LogP contribution in [-0.2, 0) is 6.54 Å². The Hall–Kier alpha value is -2.81. The largest absolute Gasteiger partial charge is 0.492 e. The monoisotopic (exact) mass is 284 g/mol. The summed E-state index contributed by atoms with van der Waals surface area (Å²) < 4.78 is 6.88. The number of rotatable bonds is 5. The summed E-state index contributed by atoms with van der Waals surface area (Å²) in [5.41, 5.74) is 1.19. The molecule has 1 aromatic carbocycles. The van der Waals surface area contributed by atoms with E-state index in [4.69, 9.17) is 10.00 Å². The third-order valence-corrected chi connectivity index (χ3v) is 2.93. The van der Waals surface area contributed by atoms with Gasteiger partial charge < -0.3 is 9.64 Å². The quantitative estimate of drug-likeness (QED) is 0.826. The Morgan fingerprint density at radius 3 is 2.62 bits per heavy atom. The first-order valence-electron chi connectivity index (χ1n) is 6.47. The first kappa shape index (κ1) is 14.6. The second-order valence-corrected chi connectivity index (χ2v) is 4.65. The van der Waals surface area contributed by atoms with Crippen molar-refractivity contribution in [3.05, 3.63) is 52.4 Å². The van der Waals surface area contributed by atoms with Crippen molar-refractivity contribution in [3.63, 3.8) is 0 Å². The Labute approximate surface area is 122 Å². The average molecular weight is 284 g/mol. The van der Waals surface area contributed by atoms with Gasteiger partial charge in [0.15, 0.2) is 0 Å². The van der Waals surface area contributed by atoms with E-state index in [1.807, 2.05) is 25.1 Å². The van der Waals surface area contributed by atoms with Crippen LogP contribution < -0.4 is 15.2 Å². The molecule has 0 aliphatic heterocycles. The van der Waals surface area contributed by atoms with E-state index in [-0.39, 0.29) is 5.56 Å². The summed E-state index contributed by atoms with van der Waals surface area (Å²) in [6.45, 7) is 0.701. The number of ether oxygens (including phenoxy) is 1. The van der Waals surface area contributed by atoms with Crippen LogP contribution in [0.2, 0.25) is 0 Å². The van der Waals surface area contributed by atoms with Crippen molar-refractivity contribution in [2.45, 2.75) is 6.54 Å². The van der Waals surface area contributed by atoms with Crippen LogP contribution in [-0.4, -0.2) is 30.5 Å². The lowest BCUT2D eigenvalue weighted by Crippen LogP contribution is -2.26. The number of anilines is 1. The lowest BCUT2D eigenvalue weighted by atomic mass is 10.2. The molecule has 0 atom stereocenters. The van der Waals surface area contributed by atoms with Crippen LogP contribution >= 0.6 is 0 Å². The maximum absolute atomic E-state index is 11.9. The first-order chi connectivity index (χ1) is 10.1. The van der Waals surface area contributed by atoms with Gasteiger partial charge >= 0.3 is 0 Å². The van der Waals surface area contributed by atoms with Crippen LogP contribution in [0.4, 0.5) is 5.69 Å². The second kappa shape index (κ2) is 6.57. The summed E-state index contributed by atoms with van der Waals surface area (Å²) in [6, 6.07) is 10.4. The molecule has 0 saturated carbocycles. The molecule has 1 heterocycles. The van der Waals surface area contributed by atoms with Gasteiger partial charge in [-0.15, -0.1) is 0 Å². The highest BCUT2D eigenvalue weighted by Gasteiger charge is 2.02. The minimum Gasteiger partial charge on any atom is -0.492 e. The van der Waals surface area contributed by atoms with Gasteiger partial charge in [-0.25, -0.2) is 4.68 Å². The molecule has 0 fully saturated rings. The van der Waals surface area contributed by atoms with Gasteiger partial charge in [0.1, 0.15) is 12.4 Å². The summed E-state index contributed by atoms with van der Waals surface area (Å²) in [5, 5.41) is 12.8. The molecule has 0 aliphatic rings. The minimum atomic E-state index is -0.162. The lowest BCUT2D eigenvalue weighted by Gasteiger charge is -2.12. The van der Waals surface area contributed by atoms with Crippen LogP contribution in [0.25, 0.3) is 0 Å². The van der Waals surface area contributed by atoms with Gasteiger partial charge in [0.2, 0.25) is 0 Å². The molecule has 0 N–H and O–H groups in total. The molecule has 108 valence electrons. The van der Waals surface area contributed by atoms with Crippen LogP contribution in [0.15, 0.2) is 41.3 Å². The van der Waals surface area contributed by atoms with Crippen LogP contribution in [0, 0.1) is 11.3 Å². The first-order valence-corrected chi connectivity index (χ1v) is 6.47. The summed E-state index contributed by atoms with van der Waals surface area (Å²) >= 11 is 0. The summed E-state index contributed by atoms with van der Waals surface area (Å²) in [6.07, 6.45) is 1.64. The van der Waals surface area contributed by atoms with Crippen molar-refractivity contribution >= 4 is 5.69 Å². The van der Waals surface area contributed by atoms with Crippen molar-refractivity contribution in [3.8, 4) is 11.8 Å². The number of benzene rings is 1. The van der Waals surface area contributed by atoms with Gasteiger partial charge in [-0.05, 0) is 24.3 Å². The van der Waals surface area contributed by atoms with Crippen LogP contribution in [0.3, 0.4) is 0 Å². The zero-order valence-electron chi connectivity index (χ0n) is 12.0. The van der Waals surface area contributed by atoms with Crippen molar-refractivity contribution in [2.24, 2.45) is 0 Å². The van der Waals surface area contributed by atoms with Gasteiger partial charge in [0.25, 0.3) is 5.56 Å². The molecule has 2 aromatic rings. The average Bonchev–Trinajstić information content (AvgIpc) is 2.49. The number of nitrogens with zero attached hydrogens (tertiary/aromatic N) is 4. The Bertz CT molecular complexity index is 699. The minimum absolute atomic E-state index is 0.162. The standard InChI is InChI=1S/C15H16N4O2/c1-18(2)13-9-15(20)19(17-11-13)7-8-21-14-5-3-12(10-16)4-6-14/h3-6,9,11H,7-8H2,1-2H3. The molecule has 0 bridgehead atoms. The van der Waals surface area contributed by atoms with Crippen LogP contribution in [0.5, 0.6) is 5.75 Å². The van der Waals surface area contributed by atoms with E-state index in [0.717, 1.165) is 5.69 Å². The van der Waals surface area contributed by atoms with E-state index >= 15 is 0 Å². The molecule has 6 nitrogen and oxygen atoms in total. The molecular weight excluding hydrogens is 268 g/mol. The predicted octanol–water partition coefficient (Wildman–Crippen LogP) is 1.26. The van der Waals surface area contributed by atoms with Crippen molar-refractivity contribution in [1.82, 2.24) is 9.78 Å². The van der Waals surface area contributed by atoms with Gasteiger partial charge in [0.05, 0.1) is 30.1 Å². The molecule has 21 heavy (non-hydrogen) atoms. The van der Waals surface area contributed by atoms with Gasteiger partial charge in [-0.2, -0.15) is 10.4 Å². The fourth-order valence-electron chi connectivity index (χ4n) is 1.71. The Morgan fingerprint density at radius 1 is 1.33 bits per heavy atom. The maximum Gasteiger partial charge on any atom is 0.268 e. The lowest BCUT2D eigenvalue weighted by molar-refractivity contribution is 0.288. The smallest absolute Gasteiger partial charge is 0.268 e. The second-order valence-electron chi connectivity index (χ2n) is 4.65. The molecule has 0 radical (unpaired) electrons. The summed E-state index contributed by atoms with van der Waals surface area (Å²) in [4.78, 5) is 13.7. The molecular formula is C15H16N4O2. The molecule has 0 unspecified atom stereocenters. The van der Waals surface area contributed by atoms with E-state index in [1.165, 1.54) is 10.7 Å². The number of hydrogen-bond acceptors (Lipinski definition) is 5. The topological polar surface area (TPSA) is 71.2 Å². The summed E-state index contributed by atoms with van der Waals surface area (Å²) in [5.74, 6) is 0.659. The van der Waals surface area contributed by atoms with E-state index < -0.39 is 0 Å². The van der Waals surface area contributed by atoms with Crippen molar-refractivity contribution in [1.29, 1.82) is 5.26 Å². The molecule has 0 saturated heterocycles. The Kier molecular flexibility index (Phi) is 4.57. The predicted molar refractivity (Wildman–Crippen MR) is 79.5 cm³/mol. The van der Waals surface area contributed by atoms with Gasteiger partial charge in [-0.3, -0.25) is 4.79 Å². The maximum atomic E-state index is 11.9. The molecule has 0 amide bonds. The third kappa shape index (κ3) is 3.83. The highest BCUT2D eigenvalue weighted by molar-refractivity contribution is 5.40. The van der Waals surface area contributed by atoms with Crippen LogP contribution in [0.1, 0.15) is 5.56 Å². The fraction of sp³-hybridized carbons (Fsp3) is 0.267. The Balaban J connectivity index is 1.94. The molecule has 0 spiro atoms. The zero-order valence-corrected chi connectivity index (χ0v) is 12.0. The van der Waals surface area contributed by atoms with E-state index in [0.29, 0.717) is 24.5 Å². The Morgan fingerprint density at radius 2 is 2.05 bits per heavy atom. The fourth-order valence-corrected chi connectivity index (χ4v) is 1.71. The van der Waals surface area contributed by atoms with E-state index in [2.05, 4.69) is 5.10 Å².